The normalized spacial score (nSPS) is 19.5. The molecule has 2 heterocycles. The van der Waals surface area contributed by atoms with Crippen LogP contribution in [-0.4, -0.2) is 47.3 Å². The van der Waals surface area contributed by atoms with Crippen LogP contribution in [0.4, 0.5) is 23.1 Å². The van der Waals surface area contributed by atoms with E-state index in [-0.39, 0.29) is 11.9 Å². The molecule has 0 radical (unpaired) electrons. The van der Waals surface area contributed by atoms with Crippen molar-refractivity contribution in [2.45, 2.75) is 58.5 Å². The summed E-state index contributed by atoms with van der Waals surface area (Å²) in [5, 5.41) is 3.39. The van der Waals surface area contributed by atoms with Crippen LogP contribution >= 0.6 is 0 Å². The standard InChI is InChI=1S/C24H33N6O2/c1-16(17-10-12-18(13-11-17)29(5)32)26-23-25-14-20-21(27-23)30(19-8-6-7-9-19)15-24(2,3)22(31)28(20)4/h10-14,16,19H,6-9,15H2,1-5H3,(H,25,26,27)/q+1/t16-/m0/s1. The molecule has 0 saturated heterocycles. The quantitative estimate of drug-likeness (QED) is 0.697. The van der Waals surface area contributed by atoms with Gasteiger partial charge >= 0.3 is 0 Å². The van der Waals surface area contributed by atoms with Crippen molar-refractivity contribution in [3.05, 3.63) is 40.9 Å². The Bertz CT molecular complexity index is 1010. The largest absolute Gasteiger partial charge is 0.351 e. The second-order valence-electron chi connectivity index (χ2n) is 9.67. The van der Waals surface area contributed by atoms with E-state index in [1.807, 2.05) is 52.1 Å². The lowest BCUT2D eigenvalue weighted by Crippen LogP contribution is -2.45. The van der Waals surface area contributed by atoms with Crippen LogP contribution in [0.15, 0.2) is 30.5 Å². The van der Waals surface area contributed by atoms with Gasteiger partial charge in [0.25, 0.3) is 5.69 Å². The number of rotatable bonds is 5. The minimum absolute atomic E-state index is 0.0411. The Morgan fingerprint density at radius 1 is 1.19 bits per heavy atom. The van der Waals surface area contributed by atoms with Crippen LogP contribution in [0, 0.1) is 10.3 Å². The van der Waals surface area contributed by atoms with Gasteiger partial charge in [-0.25, -0.2) is 4.98 Å². The molecule has 1 aliphatic carbocycles. The smallest absolute Gasteiger partial charge is 0.255 e. The summed E-state index contributed by atoms with van der Waals surface area (Å²) in [6.45, 7) is 6.71. The van der Waals surface area contributed by atoms with Gasteiger partial charge in [0.2, 0.25) is 11.9 Å². The van der Waals surface area contributed by atoms with E-state index in [1.54, 1.807) is 11.1 Å². The van der Waals surface area contributed by atoms with Crippen molar-refractivity contribution < 1.29 is 9.55 Å². The maximum absolute atomic E-state index is 13.1. The number of carbonyl (C=O) groups is 1. The Morgan fingerprint density at radius 3 is 2.47 bits per heavy atom. The van der Waals surface area contributed by atoms with Gasteiger partial charge in [-0.1, -0.05) is 25.0 Å². The molecule has 4 rings (SSSR count). The highest BCUT2D eigenvalue weighted by atomic mass is 16.3. The van der Waals surface area contributed by atoms with Crippen molar-refractivity contribution in [3.63, 3.8) is 0 Å². The maximum Gasteiger partial charge on any atom is 0.255 e. The molecule has 1 fully saturated rings. The van der Waals surface area contributed by atoms with Crippen LogP contribution in [0.25, 0.3) is 0 Å². The van der Waals surface area contributed by atoms with Gasteiger partial charge in [-0.05, 0) is 39.2 Å². The molecule has 8 heteroatoms. The van der Waals surface area contributed by atoms with E-state index in [2.05, 4.69) is 15.2 Å². The van der Waals surface area contributed by atoms with Gasteiger partial charge in [0.15, 0.2) is 12.9 Å². The van der Waals surface area contributed by atoms with Crippen molar-refractivity contribution in [3.8, 4) is 0 Å². The molecule has 1 amide bonds. The van der Waals surface area contributed by atoms with Gasteiger partial charge in [0.05, 0.1) is 17.7 Å². The number of aromatic nitrogens is 2. The molecule has 0 spiro atoms. The summed E-state index contributed by atoms with van der Waals surface area (Å²) in [5.41, 5.74) is 1.91. The maximum atomic E-state index is 13.1. The van der Waals surface area contributed by atoms with Gasteiger partial charge in [-0.3, -0.25) is 4.79 Å². The Morgan fingerprint density at radius 2 is 1.84 bits per heavy atom. The summed E-state index contributed by atoms with van der Waals surface area (Å²) in [4.78, 5) is 38.1. The van der Waals surface area contributed by atoms with E-state index in [4.69, 9.17) is 4.98 Å². The number of nitrogens with zero attached hydrogens (tertiary/aromatic N) is 5. The number of anilines is 3. The minimum Gasteiger partial charge on any atom is -0.351 e. The summed E-state index contributed by atoms with van der Waals surface area (Å²) in [6, 6.07) is 7.84. The lowest BCUT2D eigenvalue weighted by atomic mass is 9.91. The van der Waals surface area contributed by atoms with Gasteiger partial charge in [-0.15, -0.1) is 0 Å². The first-order valence-corrected chi connectivity index (χ1v) is 11.4. The first kappa shape index (κ1) is 22.2. The molecule has 0 unspecified atom stereocenters. The number of nitrogens with one attached hydrogen (secondary N) is 1. The molecule has 32 heavy (non-hydrogen) atoms. The summed E-state index contributed by atoms with van der Waals surface area (Å²) < 4.78 is 0.842. The molecule has 0 bridgehead atoms. The lowest BCUT2D eigenvalue weighted by Gasteiger charge is -2.34. The molecule has 1 atom stereocenters. The van der Waals surface area contributed by atoms with Crippen LogP contribution in [0.3, 0.4) is 0 Å². The summed E-state index contributed by atoms with van der Waals surface area (Å²) >= 11 is 0. The zero-order valence-corrected chi connectivity index (χ0v) is 19.6. The number of amides is 1. The van der Waals surface area contributed by atoms with E-state index in [0.29, 0.717) is 24.2 Å². The number of hydrogen-bond donors (Lipinski definition) is 1. The van der Waals surface area contributed by atoms with Crippen LogP contribution in [0.1, 0.15) is 58.1 Å². The monoisotopic (exact) mass is 437 g/mol. The Balaban J connectivity index is 1.65. The van der Waals surface area contributed by atoms with Gasteiger partial charge in [0, 0.05) is 41.4 Å². The molecule has 1 aliphatic heterocycles. The van der Waals surface area contributed by atoms with Gasteiger partial charge < -0.3 is 15.1 Å². The van der Waals surface area contributed by atoms with Crippen LogP contribution in [0.2, 0.25) is 0 Å². The molecule has 8 nitrogen and oxygen atoms in total. The first-order chi connectivity index (χ1) is 15.2. The van der Waals surface area contributed by atoms with Crippen LogP contribution < -0.4 is 15.1 Å². The van der Waals surface area contributed by atoms with Crippen LogP contribution in [0.5, 0.6) is 0 Å². The fourth-order valence-electron chi connectivity index (χ4n) is 4.78. The van der Waals surface area contributed by atoms with Gasteiger partial charge in [0.1, 0.15) is 5.69 Å². The SMILES string of the molecule is C[C@H](Nc1ncc2c(n1)N(C1CCCC1)CC(C)(C)C(=O)N2C)c1ccc([N+](C)=O)cc1. The molecule has 1 N–H and O–H groups in total. The Labute approximate surface area is 189 Å². The number of hydrogen-bond acceptors (Lipinski definition) is 6. The molecular weight excluding hydrogens is 404 g/mol. The van der Waals surface area contributed by atoms with E-state index < -0.39 is 5.41 Å². The topological polar surface area (TPSA) is 81.4 Å². The van der Waals surface area contributed by atoms with Crippen molar-refractivity contribution in [2.75, 3.05) is 35.8 Å². The number of fused-ring (bicyclic) bond motifs is 1. The number of benzene rings is 1. The second-order valence-corrected chi connectivity index (χ2v) is 9.67. The highest BCUT2D eigenvalue weighted by Crippen LogP contribution is 2.40. The fourth-order valence-corrected chi connectivity index (χ4v) is 4.78. The average Bonchev–Trinajstić information content (AvgIpc) is 3.29. The van der Waals surface area contributed by atoms with E-state index >= 15 is 0 Å². The zero-order chi connectivity index (χ0) is 23.0. The summed E-state index contributed by atoms with van der Waals surface area (Å²) in [5.74, 6) is 1.44. The van der Waals surface area contributed by atoms with Crippen molar-refractivity contribution in [1.82, 2.24) is 9.97 Å². The third-order valence-electron chi connectivity index (χ3n) is 6.70. The molecule has 1 aromatic carbocycles. The van der Waals surface area contributed by atoms with Crippen molar-refractivity contribution in [2.24, 2.45) is 5.41 Å². The predicted octanol–water partition coefficient (Wildman–Crippen LogP) is 4.44. The Kier molecular flexibility index (Phi) is 5.88. The zero-order valence-electron chi connectivity index (χ0n) is 19.6. The number of nitroso groups, excluding NO2 is 1. The fraction of sp³-hybridized carbons (Fsp3) is 0.542. The number of carbonyl (C=O) groups excluding carboxylic acids is 1. The molecule has 2 aliphatic rings. The highest BCUT2D eigenvalue weighted by Gasteiger charge is 2.41. The summed E-state index contributed by atoms with van der Waals surface area (Å²) in [6.07, 6.45) is 6.42. The molecule has 170 valence electrons. The van der Waals surface area contributed by atoms with Gasteiger partial charge in [-0.2, -0.15) is 4.98 Å². The average molecular weight is 438 g/mol. The third-order valence-corrected chi connectivity index (χ3v) is 6.70. The van der Waals surface area contributed by atoms with Crippen molar-refractivity contribution in [1.29, 1.82) is 0 Å². The second kappa shape index (κ2) is 8.48. The first-order valence-electron chi connectivity index (χ1n) is 11.4. The highest BCUT2D eigenvalue weighted by molar-refractivity contribution is 6.00. The van der Waals surface area contributed by atoms with Crippen LogP contribution in [-0.2, 0) is 4.79 Å². The van der Waals surface area contributed by atoms with E-state index in [1.165, 1.54) is 19.9 Å². The molecule has 1 aromatic heterocycles. The van der Waals surface area contributed by atoms with E-state index in [9.17, 15) is 9.70 Å². The minimum atomic E-state index is -0.505. The lowest BCUT2D eigenvalue weighted by molar-refractivity contribution is -0.428. The molecule has 1 saturated carbocycles. The predicted molar refractivity (Wildman–Crippen MR) is 127 cm³/mol. The summed E-state index contributed by atoms with van der Waals surface area (Å²) in [7, 11) is 3.30. The van der Waals surface area contributed by atoms with E-state index in [0.717, 1.165) is 34.7 Å². The molecular formula is C24H33N6O2+. The van der Waals surface area contributed by atoms with Crippen molar-refractivity contribution >= 4 is 29.0 Å². The Hall–Kier alpha value is -3.03. The molecule has 2 aromatic rings. The third kappa shape index (κ3) is 4.18.